The molecule has 1 aliphatic heterocycles. The van der Waals surface area contributed by atoms with Crippen LogP contribution in [-0.2, 0) is 6.54 Å². The van der Waals surface area contributed by atoms with Crippen LogP contribution in [0.25, 0.3) is 0 Å². The van der Waals surface area contributed by atoms with Gasteiger partial charge in [0.25, 0.3) is 0 Å². The first-order chi connectivity index (χ1) is 9.79. The maximum atomic E-state index is 5.43. The van der Waals surface area contributed by atoms with Crippen LogP contribution in [0.3, 0.4) is 0 Å². The molecule has 1 aromatic rings. The van der Waals surface area contributed by atoms with Gasteiger partial charge in [0.15, 0.2) is 11.5 Å². The van der Waals surface area contributed by atoms with Gasteiger partial charge in [-0.2, -0.15) is 0 Å². The molecule has 0 amide bonds. The van der Waals surface area contributed by atoms with Crippen molar-refractivity contribution in [2.75, 3.05) is 6.79 Å². The minimum absolute atomic E-state index is 0.347. The molecule has 3 nitrogen and oxygen atoms in total. The van der Waals surface area contributed by atoms with Crippen LogP contribution < -0.4 is 14.8 Å². The van der Waals surface area contributed by atoms with Crippen LogP contribution in [0, 0.1) is 17.8 Å². The van der Waals surface area contributed by atoms with Gasteiger partial charge < -0.3 is 14.8 Å². The second-order valence-corrected chi connectivity index (χ2v) is 6.30. The van der Waals surface area contributed by atoms with Gasteiger partial charge in [0.05, 0.1) is 0 Å². The number of allylic oxidation sites excluding steroid dienone is 2. The fourth-order valence-corrected chi connectivity index (χ4v) is 3.88. The van der Waals surface area contributed by atoms with E-state index in [1.807, 2.05) is 6.07 Å². The number of nitrogens with one attached hydrogen (secondary N) is 1. The van der Waals surface area contributed by atoms with Crippen molar-refractivity contribution >= 4 is 0 Å². The summed E-state index contributed by atoms with van der Waals surface area (Å²) in [6.45, 7) is 3.57. The smallest absolute Gasteiger partial charge is 0.231 e. The first-order valence-corrected chi connectivity index (χ1v) is 7.60. The Labute approximate surface area is 120 Å². The van der Waals surface area contributed by atoms with Crippen LogP contribution in [0.5, 0.6) is 11.5 Å². The highest BCUT2D eigenvalue weighted by molar-refractivity contribution is 5.44. The van der Waals surface area contributed by atoms with Crippen molar-refractivity contribution in [2.24, 2.45) is 17.8 Å². The van der Waals surface area contributed by atoms with Gasteiger partial charge in [-0.05, 0) is 55.2 Å². The van der Waals surface area contributed by atoms with Crippen molar-refractivity contribution in [3.63, 3.8) is 0 Å². The summed E-state index contributed by atoms with van der Waals surface area (Å²) < 4.78 is 10.8. The van der Waals surface area contributed by atoms with E-state index in [4.69, 9.17) is 9.47 Å². The molecule has 1 N–H and O–H groups in total. The Kier molecular flexibility index (Phi) is 2.95. The van der Waals surface area contributed by atoms with Crippen molar-refractivity contribution in [3.8, 4) is 11.5 Å². The molecule has 0 saturated heterocycles. The average molecular weight is 271 g/mol. The van der Waals surface area contributed by atoms with E-state index in [1.165, 1.54) is 18.4 Å². The predicted octanol–water partition coefficient (Wildman–Crippen LogP) is 3.11. The van der Waals surface area contributed by atoms with Crippen LogP contribution in [-0.4, -0.2) is 12.8 Å². The van der Waals surface area contributed by atoms with Crippen molar-refractivity contribution < 1.29 is 9.47 Å². The molecule has 4 unspecified atom stereocenters. The molecule has 2 aliphatic carbocycles. The summed E-state index contributed by atoms with van der Waals surface area (Å²) in [5.74, 6) is 4.19. The Morgan fingerprint density at radius 1 is 1.20 bits per heavy atom. The Hall–Kier alpha value is -1.48. The Morgan fingerprint density at radius 3 is 2.90 bits per heavy atom. The highest BCUT2D eigenvalue weighted by Gasteiger charge is 2.38. The molecule has 2 bridgehead atoms. The molecule has 1 aromatic carbocycles. The van der Waals surface area contributed by atoms with Gasteiger partial charge in [0.1, 0.15) is 0 Å². The van der Waals surface area contributed by atoms with Crippen LogP contribution in [0.15, 0.2) is 30.4 Å². The lowest BCUT2D eigenvalue weighted by Crippen LogP contribution is -2.35. The van der Waals surface area contributed by atoms with E-state index in [2.05, 4.69) is 36.5 Å². The summed E-state index contributed by atoms with van der Waals surface area (Å²) in [6, 6.07) is 6.78. The van der Waals surface area contributed by atoms with E-state index in [0.717, 1.165) is 35.8 Å². The van der Waals surface area contributed by atoms with Gasteiger partial charge in [0.2, 0.25) is 6.79 Å². The Bertz CT molecular complexity index is 540. The first-order valence-electron chi connectivity index (χ1n) is 7.60. The molecule has 0 spiro atoms. The quantitative estimate of drug-likeness (QED) is 0.854. The molecule has 4 atom stereocenters. The lowest BCUT2D eigenvalue weighted by atomic mass is 9.87. The van der Waals surface area contributed by atoms with Crippen molar-refractivity contribution in [1.29, 1.82) is 0 Å². The molecule has 106 valence electrons. The van der Waals surface area contributed by atoms with E-state index in [1.54, 1.807) is 0 Å². The highest BCUT2D eigenvalue weighted by atomic mass is 16.7. The van der Waals surface area contributed by atoms with Gasteiger partial charge in [-0.1, -0.05) is 18.2 Å². The summed E-state index contributed by atoms with van der Waals surface area (Å²) >= 11 is 0. The third-order valence-corrected chi connectivity index (χ3v) is 5.04. The second-order valence-electron chi connectivity index (χ2n) is 6.30. The molecule has 20 heavy (non-hydrogen) atoms. The topological polar surface area (TPSA) is 30.5 Å². The summed E-state index contributed by atoms with van der Waals surface area (Å²) in [5.41, 5.74) is 1.26. The first kappa shape index (κ1) is 12.3. The van der Waals surface area contributed by atoms with Crippen LogP contribution >= 0.6 is 0 Å². The van der Waals surface area contributed by atoms with Crippen molar-refractivity contribution in [2.45, 2.75) is 32.4 Å². The number of fused-ring (bicyclic) bond motifs is 3. The molecule has 0 radical (unpaired) electrons. The minimum atomic E-state index is 0.347. The van der Waals surface area contributed by atoms with E-state index >= 15 is 0 Å². The zero-order valence-corrected chi connectivity index (χ0v) is 11.8. The second kappa shape index (κ2) is 4.81. The lowest BCUT2D eigenvalue weighted by Gasteiger charge is -2.26. The third kappa shape index (κ3) is 2.10. The predicted molar refractivity (Wildman–Crippen MR) is 77.7 cm³/mol. The molecular formula is C17H21NO2. The van der Waals surface area contributed by atoms with Gasteiger partial charge in [-0.3, -0.25) is 0 Å². The Morgan fingerprint density at radius 2 is 2.10 bits per heavy atom. The zero-order chi connectivity index (χ0) is 13.5. The zero-order valence-electron chi connectivity index (χ0n) is 11.8. The van der Waals surface area contributed by atoms with Crippen molar-refractivity contribution in [1.82, 2.24) is 5.32 Å². The van der Waals surface area contributed by atoms with E-state index in [0.29, 0.717) is 12.8 Å². The summed E-state index contributed by atoms with van der Waals surface area (Å²) in [5, 5.41) is 3.69. The van der Waals surface area contributed by atoms with Crippen LogP contribution in [0.2, 0.25) is 0 Å². The summed E-state index contributed by atoms with van der Waals surface area (Å²) in [6.07, 6.45) is 7.57. The third-order valence-electron chi connectivity index (χ3n) is 5.04. The van der Waals surface area contributed by atoms with Gasteiger partial charge in [-0.15, -0.1) is 0 Å². The fraction of sp³-hybridized carbons (Fsp3) is 0.529. The molecule has 1 fully saturated rings. The number of benzene rings is 1. The van der Waals surface area contributed by atoms with Gasteiger partial charge in [0, 0.05) is 12.6 Å². The summed E-state index contributed by atoms with van der Waals surface area (Å²) in [4.78, 5) is 0. The maximum Gasteiger partial charge on any atom is 0.231 e. The maximum absolute atomic E-state index is 5.43. The van der Waals surface area contributed by atoms with Crippen LogP contribution in [0.1, 0.15) is 25.3 Å². The molecule has 1 heterocycles. The highest BCUT2D eigenvalue weighted by Crippen LogP contribution is 2.44. The minimum Gasteiger partial charge on any atom is -0.454 e. The SMILES string of the molecule is CC(NCc1ccc2c(c1)OCO2)C1CC2C=CC1C2. The van der Waals surface area contributed by atoms with Crippen molar-refractivity contribution in [3.05, 3.63) is 35.9 Å². The van der Waals surface area contributed by atoms with E-state index in [-0.39, 0.29) is 0 Å². The largest absolute Gasteiger partial charge is 0.454 e. The fourth-order valence-electron chi connectivity index (χ4n) is 3.88. The lowest BCUT2D eigenvalue weighted by molar-refractivity contribution is 0.174. The molecule has 3 aliphatic rings. The van der Waals surface area contributed by atoms with Gasteiger partial charge in [-0.25, -0.2) is 0 Å². The molecular weight excluding hydrogens is 250 g/mol. The monoisotopic (exact) mass is 271 g/mol. The number of ether oxygens (including phenoxy) is 2. The number of rotatable bonds is 4. The standard InChI is InChI=1S/C17H21NO2/c1-11(15-7-12-2-4-14(15)6-12)18-9-13-3-5-16-17(8-13)20-10-19-16/h2-5,8,11-12,14-15,18H,6-7,9-10H2,1H3. The summed E-state index contributed by atoms with van der Waals surface area (Å²) in [7, 11) is 0. The Balaban J connectivity index is 1.37. The van der Waals surface area contributed by atoms with E-state index < -0.39 is 0 Å². The average Bonchev–Trinajstić information content (AvgIpc) is 3.19. The van der Waals surface area contributed by atoms with Gasteiger partial charge >= 0.3 is 0 Å². The number of hydrogen-bond acceptors (Lipinski definition) is 3. The molecule has 0 aromatic heterocycles. The van der Waals surface area contributed by atoms with E-state index in [9.17, 15) is 0 Å². The van der Waals surface area contributed by atoms with Crippen LogP contribution in [0.4, 0.5) is 0 Å². The number of hydrogen-bond donors (Lipinski definition) is 1. The molecule has 1 saturated carbocycles. The normalized spacial score (nSPS) is 30.9. The molecule has 3 heteroatoms. The molecule has 4 rings (SSSR count).